The van der Waals surface area contributed by atoms with Gasteiger partial charge in [-0.05, 0) is 69.0 Å². The molecule has 1 aliphatic heterocycles. The smallest absolute Gasteiger partial charge is 0.252 e. The quantitative estimate of drug-likeness (QED) is 0.701. The molecule has 3 heterocycles. The SMILES string of the molecule is CN(C[C@@H]1CCCNC1)c1ccc(C(=O)NCCCc2ccccn2)cn1. The van der Waals surface area contributed by atoms with Gasteiger partial charge in [-0.3, -0.25) is 9.78 Å². The summed E-state index contributed by atoms with van der Waals surface area (Å²) in [5.74, 6) is 1.49. The lowest BCUT2D eigenvalue weighted by molar-refractivity contribution is 0.0953. The summed E-state index contributed by atoms with van der Waals surface area (Å²) in [6.45, 7) is 3.82. The number of amides is 1. The van der Waals surface area contributed by atoms with E-state index in [1.807, 2.05) is 30.3 Å². The lowest BCUT2D eigenvalue weighted by Gasteiger charge is -2.28. The molecule has 1 atom stereocenters. The Labute approximate surface area is 161 Å². The maximum atomic E-state index is 12.3. The molecule has 27 heavy (non-hydrogen) atoms. The largest absolute Gasteiger partial charge is 0.359 e. The van der Waals surface area contributed by atoms with E-state index in [0.717, 1.165) is 44.0 Å². The lowest BCUT2D eigenvalue weighted by Crippen LogP contribution is -2.37. The average Bonchev–Trinajstić information content (AvgIpc) is 2.72. The summed E-state index contributed by atoms with van der Waals surface area (Å²) in [5.41, 5.74) is 1.65. The second kappa shape index (κ2) is 10.0. The van der Waals surface area contributed by atoms with Crippen molar-refractivity contribution in [3.05, 3.63) is 54.0 Å². The average molecular weight is 367 g/mol. The van der Waals surface area contributed by atoms with E-state index in [9.17, 15) is 4.79 Å². The van der Waals surface area contributed by atoms with Crippen LogP contribution in [0.2, 0.25) is 0 Å². The van der Waals surface area contributed by atoms with Crippen molar-refractivity contribution in [2.75, 3.05) is 38.1 Å². The molecule has 6 nitrogen and oxygen atoms in total. The van der Waals surface area contributed by atoms with E-state index >= 15 is 0 Å². The molecule has 0 radical (unpaired) electrons. The van der Waals surface area contributed by atoms with Gasteiger partial charge in [0.25, 0.3) is 5.91 Å². The molecule has 2 N–H and O–H groups in total. The highest BCUT2D eigenvalue weighted by Gasteiger charge is 2.16. The molecule has 0 aromatic carbocycles. The number of nitrogens with zero attached hydrogens (tertiary/aromatic N) is 3. The Morgan fingerprint density at radius 1 is 1.30 bits per heavy atom. The number of anilines is 1. The molecule has 1 aliphatic rings. The number of piperidine rings is 1. The first-order chi connectivity index (χ1) is 13.2. The Balaban J connectivity index is 1.42. The van der Waals surface area contributed by atoms with Crippen molar-refractivity contribution in [2.45, 2.75) is 25.7 Å². The molecule has 0 bridgehead atoms. The van der Waals surface area contributed by atoms with Crippen LogP contribution in [0.5, 0.6) is 0 Å². The molecule has 0 saturated carbocycles. The highest BCUT2D eigenvalue weighted by molar-refractivity contribution is 5.94. The van der Waals surface area contributed by atoms with Crippen molar-refractivity contribution in [2.24, 2.45) is 5.92 Å². The van der Waals surface area contributed by atoms with Gasteiger partial charge < -0.3 is 15.5 Å². The Bertz CT molecular complexity index is 698. The van der Waals surface area contributed by atoms with Crippen LogP contribution in [0.3, 0.4) is 0 Å². The normalized spacial score (nSPS) is 16.7. The number of nitrogens with one attached hydrogen (secondary N) is 2. The van der Waals surface area contributed by atoms with Crippen LogP contribution < -0.4 is 15.5 Å². The number of hydrogen-bond donors (Lipinski definition) is 2. The van der Waals surface area contributed by atoms with Gasteiger partial charge >= 0.3 is 0 Å². The maximum Gasteiger partial charge on any atom is 0.252 e. The number of pyridine rings is 2. The van der Waals surface area contributed by atoms with Gasteiger partial charge in [0.1, 0.15) is 5.82 Å². The molecule has 1 amide bonds. The molecule has 2 aromatic rings. The summed E-state index contributed by atoms with van der Waals surface area (Å²) in [6.07, 6.45) is 7.69. The van der Waals surface area contributed by atoms with Crippen LogP contribution in [-0.4, -0.2) is 49.1 Å². The molecule has 6 heteroatoms. The summed E-state index contributed by atoms with van der Waals surface area (Å²) in [4.78, 5) is 23.2. The molecular weight excluding hydrogens is 338 g/mol. The van der Waals surface area contributed by atoms with Gasteiger partial charge in [-0.1, -0.05) is 6.07 Å². The van der Waals surface area contributed by atoms with Crippen molar-refractivity contribution in [3.8, 4) is 0 Å². The second-order valence-electron chi connectivity index (χ2n) is 7.18. The molecule has 2 aromatic heterocycles. The van der Waals surface area contributed by atoms with E-state index in [-0.39, 0.29) is 5.91 Å². The standard InChI is InChI=1S/C21H29N5O/c1-26(16-17-6-4-11-22-14-17)20-10-9-18(15-25-20)21(27)24-13-5-8-19-7-2-3-12-23-19/h2-3,7,9-10,12,15,17,22H,4-6,8,11,13-14,16H2,1H3,(H,24,27)/t17-/m1/s1. The number of aromatic nitrogens is 2. The summed E-state index contributed by atoms with van der Waals surface area (Å²) < 4.78 is 0. The third kappa shape index (κ3) is 6.03. The number of rotatable bonds is 8. The van der Waals surface area contributed by atoms with Crippen LogP contribution in [0.4, 0.5) is 5.82 Å². The Kier molecular flexibility index (Phi) is 7.16. The van der Waals surface area contributed by atoms with Crippen molar-refractivity contribution in [1.29, 1.82) is 0 Å². The van der Waals surface area contributed by atoms with Crippen molar-refractivity contribution in [1.82, 2.24) is 20.6 Å². The molecule has 144 valence electrons. The van der Waals surface area contributed by atoms with Crippen LogP contribution in [0.15, 0.2) is 42.7 Å². The fraction of sp³-hybridized carbons (Fsp3) is 0.476. The van der Waals surface area contributed by atoms with Crippen LogP contribution in [0.25, 0.3) is 0 Å². The van der Waals surface area contributed by atoms with Crippen LogP contribution in [0, 0.1) is 5.92 Å². The Morgan fingerprint density at radius 3 is 2.93 bits per heavy atom. The number of aryl methyl sites for hydroxylation is 1. The summed E-state index contributed by atoms with van der Waals surface area (Å²) >= 11 is 0. The predicted octanol–water partition coefficient (Wildman–Crippen LogP) is 2.27. The molecule has 0 aliphatic carbocycles. The van der Waals surface area contributed by atoms with Crippen LogP contribution in [0.1, 0.15) is 35.3 Å². The molecule has 1 fully saturated rings. The number of hydrogen-bond acceptors (Lipinski definition) is 5. The fourth-order valence-electron chi connectivity index (χ4n) is 3.43. The van der Waals surface area contributed by atoms with Gasteiger partial charge in [0.15, 0.2) is 0 Å². The summed E-state index contributed by atoms with van der Waals surface area (Å²) in [6, 6.07) is 9.68. The molecular formula is C21H29N5O. The van der Waals surface area contributed by atoms with E-state index in [1.165, 1.54) is 12.8 Å². The van der Waals surface area contributed by atoms with Gasteiger partial charge in [0.05, 0.1) is 5.56 Å². The third-order valence-electron chi connectivity index (χ3n) is 4.95. The van der Waals surface area contributed by atoms with Crippen molar-refractivity contribution < 1.29 is 4.79 Å². The monoisotopic (exact) mass is 367 g/mol. The second-order valence-corrected chi connectivity index (χ2v) is 7.18. The number of carbonyl (C=O) groups is 1. The molecule has 0 unspecified atom stereocenters. The van der Waals surface area contributed by atoms with Crippen molar-refractivity contribution in [3.63, 3.8) is 0 Å². The van der Waals surface area contributed by atoms with E-state index in [0.29, 0.717) is 18.0 Å². The zero-order valence-electron chi connectivity index (χ0n) is 16.0. The van der Waals surface area contributed by atoms with E-state index in [1.54, 1.807) is 12.4 Å². The zero-order chi connectivity index (χ0) is 18.9. The van der Waals surface area contributed by atoms with Crippen LogP contribution in [-0.2, 0) is 6.42 Å². The van der Waals surface area contributed by atoms with Gasteiger partial charge in [-0.15, -0.1) is 0 Å². The predicted molar refractivity (Wildman–Crippen MR) is 108 cm³/mol. The Hall–Kier alpha value is -2.47. The minimum absolute atomic E-state index is 0.0748. The topological polar surface area (TPSA) is 70.2 Å². The summed E-state index contributed by atoms with van der Waals surface area (Å²) in [5, 5.41) is 6.40. The minimum Gasteiger partial charge on any atom is -0.359 e. The van der Waals surface area contributed by atoms with E-state index in [4.69, 9.17) is 0 Å². The first-order valence-corrected chi connectivity index (χ1v) is 9.78. The van der Waals surface area contributed by atoms with Gasteiger partial charge in [0.2, 0.25) is 0 Å². The summed E-state index contributed by atoms with van der Waals surface area (Å²) in [7, 11) is 2.06. The van der Waals surface area contributed by atoms with Gasteiger partial charge in [-0.25, -0.2) is 4.98 Å². The van der Waals surface area contributed by atoms with Gasteiger partial charge in [-0.2, -0.15) is 0 Å². The highest BCUT2D eigenvalue weighted by atomic mass is 16.1. The molecule has 1 saturated heterocycles. The number of carbonyl (C=O) groups excluding carboxylic acids is 1. The van der Waals surface area contributed by atoms with E-state index in [2.05, 4.69) is 32.5 Å². The first kappa shape index (κ1) is 19.3. The van der Waals surface area contributed by atoms with Crippen molar-refractivity contribution >= 4 is 11.7 Å². The molecule has 3 rings (SSSR count). The third-order valence-corrected chi connectivity index (χ3v) is 4.95. The fourth-order valence-corrected chi connectivity index (χ4v) is 3.43. The van der Waals surface area contributed by atoms with E-state index < -0.39 is 0 Å². The maximum absolute atomic E-state index is 12.3. The van der Waals surface area contributed by atoms with Gasteiger partial charge in [0, 0.05) is 38.2 Å². The first-order valence-electron chi connectivity index (χ1n) is 9.78. The minimum atomic E-state index is -0.0748. The Morgan fingerprint density at radius 2 is 2.22 bits per heavy atom. The lowest BCUT2D eigenvalue weighted by atomic mass is 9.99. The highest BCUT2D eigenvalue weighted by Crippen LogP contribution is 2.16. The van der Waals surface area contributed by atoms with Crippen LogP contribution >= 0.6 is 0 Å². The molecule has 0 spiro atoms. The zero-order valence-corrected chi connectivity index (χ0v) is 16.0.